The highest BCUT2D eigenvalue weighted by Gasteiger charge is 2.55. The second-order valence-corrected chi connectivity index (χ2v) is 9.52. The fourth-order valence-corrected chi connectivity index (χ4v) is 4.89. The van der Waals surface area contributed by atoms with E-state index in [0.717, 1.165) is 12.8 Å². The molecule has 0 unspecified atom stereocenters. The Hall–Kier alpha value is -2.09. The normalized spacial score (nSPS) is 20.0. The fraction of sp³-hybridized carbons (Fsp3) is 0.400. The second-order valence-electron chi connectivity index (χ2n) is 7.12. The highest BCUT2D eigenvalue weighted by molar-refractivity contribution is 9.10. The van der Waals surface area contributed by atoms with Crippen molar-refractivity contribution in [3.63, 3.8) is 0 Å². The Kier molecular flexibility index (Phi) is 4.64. The smallest absolute Gasteiger partial charge is 0.276 e. The lowest BCUT2D eigenvalue weighted by Crippen LogP contribution is -2.67. The lowest BCUT2D eigenvalue weighted by Gasteiger charge is -2.57. The van der Waals surface area contributed by atoms with Gasteiger partial charge in [0.1, 0.15) is 5.82 Å². The third-order valence-electron chi connectivity index (χ3n) is 4.97. The van der Waals surface area contributed by atoms with E-state index in [1.807, 2.05) is 0 Å². The van der Waals surface area contributed by atoms with Crippen molar-refractivity contribution in [1.29, 1.82) is 0 Å². The number of anilines is 1. The highest BCUT2D eigenvalue weighted by Crippen LogP contribution is 2.49. The van der Waals surface area contributed by atoms with E-state index in [0.29, 0.717) is 24.6 Å². The van der Waals surface area contributed by atoms with Gasteiger partial charge in [-0.1, -0.05) is 0 Å². The van der Waals surface area contributed by atoms with Gasteiger partial charge in [-0.3, -0.25) is 0 Å². The van der Waals surface area contributed by atoms with Crippen molar-refractivity contribution < 1.29 is 17.4 Å². The summed E-state index contributed by atoms with van der Waals surface area (Å²) in [5.41, 5.74) is 6.66. The van der Waals surface area contributed by atoms with Crippen LogP contribution in [0.5, 0.6) is 0 Å². The molecule has 1 saturated carbocycles. The van der Waals surface area contributed by atoms with Crippen LogP contribution in [0.15, 0.2) is 32.3 Å². The van der Waals surface area contributed by atoms with E-state index in [4.69, 9.17) is 15.5 Å². The summed E-state index contributed by atoms with van der Waals surface area (Å²) >= 11 is 3.10. The first-order valence-corrected chi connectivity index (χ1v) is 10.6. The molecule has 28 heavy (non-hydrogen) atoms. The zero-order chi connectivity index (χ0) is 20.1. The topological polar surface area (TPSA) is 153 Å². The Labute approximate surface area is 168 Å². The first-order valence-electron chi connectivity index (χ1n) is 8.32. The summed E-state index contributed by atoms with van der Waals surface area (Å²) < 4.78 is 42.2. The number of nitrogens with zero attached hydrogens (tertiary/aromatic N) is 4. The standard InChI is InChI=1S/C15H17BrFN7O3S/c16-10-3-8(1-2-11(10)17)20-13(18)12-14(23-27-22-12)21-9-4-15(5-9)6-24(7-15)28(19,25)26/h1-3,9H,4-7H2,(H2,18,20)(H,21,23)(H2,19,25,26). The molecular weight excluding hydrogens is 457 g/mol. The molecule has 2 fully saturated rings. The van der Waals surface area contributed by atoms with Crippen LogP contribution in [0, 0.1) is 11.2 Å². The number of aromatic nitrogens is 2. The number of amidine groups is 1. The predicted octanol–water partition coefficient (Wildman–Crippen LogP) is 1.09. The molecule has 1 aromatic carbocycles. The predicted molar refractivity (Wildman–Crippen MR) is 103 cm³/mol. The van der Waals surface area contributed by atoms with Gasteiger partial charge in [-0.05, 0) is 57.3 Å². The van der Waals surface area contributed by atoms with Gasteiger partial charge in [0, 0.05) is 24.5 Å². The van der Waals surface area contributed by atoms with Crippen molar-refractivity contribution in [2.24, 2.45) is 21.3 Å². The molecule has 0 atom stereocenters. The van der Waals surface area contributed by atoms with Crippen LogP contribution in [0.1, 0.15) is 18.5 Å². The van der Waals surface area contributed by atoms with E-state index in [9.17, 15) is 12.8 Å². The van der Waals surface area contributed by atoms with Gasteiger partial charge in [0.25, 0.3) is 10.2 Å². The van der Waals surface area contributed by atoms with E-state index in [1.165, 1.54) is 22.5 Å². The molecule has 1 aromatic heterocycles. The van der Waals surface area contributed by atoms with Crippen LogP contribution in [-0.4, -0.2) is 48.0 Å². The third-order valence-corrected chi connectivity index (χ3v) is 6.55. The zero-order valence-electron chi connectivity index (χ0n) is 14.5. The SMILES string of the molecule is NC(=Nc1ccc(F)c(Br)c1)c1nonc1NC1CC2(C1)CN(S(N)(=O)=O)C2. The van der Waals surface area contributed by atoms with Gasteiger partial charge < -0.3 is 11.1 Å². The summed E-state index contributed by atoms with van der Waals surface area (Å²) in [5, 5.41) is 15.9. The van der Waals surface area contributed by atoms with Crippen molar-refractivity contribution in [2.45, 2.75) is 18.9 Å². The summed E-state index contributed by atoms with van der Waals surface area (Å²) in [7, 11) is -3.62. The van der Waals surface area contributed by atoms with Crippen molar-refractivity contribution in [1.82, 2.24) is 14.6 Å². The van der Waals surface area contributed by atoms with Crippen LogP contribution >= 0.6 is 15.9 Å². The van der Waals surface area contributed by atoms with E-state index in [1.54, 1.807) is 0 Å². The maximum atomic E-state index is 13.3. The third kappa shape index (κ3) is 3.62. The maximum absolute atomic E-state index is 13.3. The quantitative estimate of drug-likeness (QED) is 0.433. The molecule has 10 nitrogen and oxygen atoms in total. The number of hydrogen-bond donors (Lipinski definition) is 3. The van der Waals surface area contributed by atoms with Gasteiger partial charge in [0.15, 0.2) is 11.5 Å². The molecule has 2 aromatic rings. The maximum Gasteiger partial charge on any atom is 0.276 e. The molecule has 5 N–H and O–H groups in total. The average molecular weight is 474 g/mol. The number of halogens is 2. The van der Waals surface area contributed by atoms with E-state index in [2.05, 4.69) is 36.6 Å². The van der Waals surface area contributed by atoms with Gasteiger partial charge in [0.05, 0.1) is 10.2 Å². The summed E-state index contributed by atoms with van der Waals surface area (Å²) in [5.74, 6) is 0.0177. The first-order chi connectivity index (χ1) is 13.2. The van der Waals surface area contributed by atoms with Crippen molar-refractivity contribution in [2.75, 3.05) is 18.4 Å². The lowest BCUT2D eigenvalue weighted by molar-refractivity contribution is -0.0174. The number of nitrogens with one attached hydrogen (secondary N) is 1. The van der Waals surface area contributed by atoms with Crippen LogP contribution in [0.3, 0.4) is 0 Å². The minimum atomic E-state index is -3.62. The van der Waals surface area contributed by atoms with Gasteiger partial charge in [0.2, 0.25) is 5.82 Å². The molecular formula is C15H17BrFN7O3S. The monoisotopic (exact) mass is 473 g/mol. The van der Waals surface area contributed by atoms with Crippen LogP contribution < -0.4 is 16.2 Å². The van der Waals surface area contributed by atoms with Crippen molar-refractivity contribution >= 4 is 43.5 Å². The molecule has 0 bridgehead atoms. The van der Waals surface area contributed by atoms with Crippen LogP contribution in [0.2, 0.25) is 0 Å². The molecule has 1 aliphatic carbocycles. The summed E-state index contributed by atoms with van der Waals surface area (Å²) in [6, 6.07) is 4.33. The average Bonchev–Trinajstić information content (AvgIpc) is 2.99. The van der Waals surface area contributed by atoms with Crippen LogP contribution in [0.4, 0.5) is 15.9 Å². The number of nitrogens with two attached hydrogens (primary N) is 2. The Bertz CT molecular complexity index is 1040. The molecule has 0 radical (unpaired) electrons. The lowest BCUT2D eigenvalue weighted by atomic mass is 9.61. The second kappa shape index (κ2) is 6.76. The Morgan fingerprint density at radius 2 is 2.11 bits per heavy atom. The van der Waals surface area contributed by atoms with Gasteiger partial charge >= 0.3 is 0 Å². The molecule has 2 heterocycles. The number of hydrogen-bond acceptors (Lipinski definition) is 7. The van der Waals surface area contributed by atoms with E-state index in [-0.39, 0.29) is 27.5 Å². The van der Waals surface area contributed by atoms with Crippen LogP contribution in [0.25, 0.3) is 0 Å². The molecule has 13 heteroatoms. The van der Waals surface area contributed by atoms with Gasteiger partial charge in [-0.2, -0.15) is 12.7 Å². The molecule has 2 aliphatic rings. The minimum absolute atomic E-state index is 0.0402. The molecule has 0 amide bonds. The molecule has 1 spiro atoms. The zero-order valence-corrected chi connectivity index (χ0v) is 16.9. The fourth-order valence-electron chi connectivity index (χ4n) is 3.62. The first kappa shape index (κ1) is 19.2. The largest absolute Gasteiger partial charge is 0.382 e. The molecule has 1 saturated heterocycles. The number of aliphatic imine (C=N–C) groups is 1. The molecule has 4 rings (SSSR count). The summed E-state index contributed by atoms with van der Waals surface area (Å²) in [6.45, 7) is 0.855. The van der Waals surface area contributed by atoms with E-state index >= 15 is 0 Å². The summed E-state index contributed by atoms with van der Waals surface area (Å²) in [4.78, 5) is 4.22. The minimum Gasteiger partial charge on any atom is -0.382 e. The molecule has 1 aliphatic heterocycles. The number of rotatable bonds is 5. The Morgan fingerprint density at radius 1 is 1.39 bits per heavy atom. The van der Waals surface area contributed by atoms with Gasteiger partial charge in [-0.15, -0.1) is 0 Å². The summed E-state index contributed by atoms with van der Waals surface area (Å²) in [6.07, 6.45) is 1.54. The molecule has 150 valence electrons. The Morgan fingerprint density at radius 3 is 2.75 bits per heavy atom. The Balaban J connectivity index is 1.40. The van der Waals surface area contributed by atoms with Crippen LogP contribution in [-0.2, 0) is 10.2 Å². The van der Waals surface area contributed by atoms with E-state index < -0.39 is 16.0 Å². The van der Waals surface area contributed by atoms with Gasteiger partial charge in [-0.25, -0.2) is 19.2 Å². The van der Waals surface area contributed by atoms with Crippen molar-refractivity contribution in [3.05, 3.63) is 34.2 Å². The highest BCUT2D eigenvalue weighted by atomic mass is 79.9. The van der Waals surface area contributed by atoms with Crippen molar-refractivity contribution in [3.8, 4) is 0 Å². The number of benzene rings is 1.